The normalized spacial score (nSPS) is 11.4. The number of fused-ring (bicyclic) bond motifs is 1. The summed E-state index contributed by atoms with van der Waals surface area (Å²) >= 11 is 5.96. The van der Waals surface area contributed by atoms with Gasteiger partial charge in [0.25, 0.3) is 0 Å². The summed E-state index contributed by atoms with van der Waals surface area (Å²) in [6, 6.07) is 10.2. The number of benzene rings is 1. The summed E-state index contributed by atoms with van der Waals surface area (Å²) in [5, 5.41) is 14.9. The minimum atomic E-state index is -2.91. The molecule has 0 saturated heterocycles. The van der Waals surface area contributed by atoms with Gasteiger partial charge in [-0.25, -0.2) is 0 Å². The minimum absolute atomic E-state index is 0. The van der Waals surface area contributed by atoms with Gasteiger partial charge in [-0.15, -0.1) is 34.2 Å². The summed E-state index contributed by atoms with van der Waals surface area (Å²) in [4.78, 5) is 4.13. The highest BCUT2D eigenvalue weighted by Crippen LogP contribution is 2.24. The molecule has 11 heteroatoms. The van der Waals surface area contributed by atoms with E-state index in [9.17, 15) is 8.78 Å². The van der Waals surface area contributed by atoms with E-state index >= 15 is 0 Å². The highest BCUT2D eigenvalue weighted by Gasteiger charge is 2.11. The zero-order valence-corrected chi connectivity index (χ0v) is 18.6. The third-order valence-electron chi connectivity index (χ3n) is 3.93. The van der Waals surface area contributed by atoms with E-state index in [2.05, 4.69) is 30.6 Å². The van der Waals surface area contributed by atoms with Crippen LogP contribution < -0.4 is 15.4 Å². The van der Waals surface area contributed by atoms with Gasteiger partial charge in [-0.3, -0.25) is 9.39 Å². The van der Waals surface area contributed by atoms with Crippen molar-refractivity contribution >= 4 is 47.2 Å². The Morgan fingerprint density at radius 1 is 1.24 bits per heavy atom. The molecular weight excluding hydrogens is 517 g/mol. The summed E-state index contributed by atoms with van der Waals surface area (Å²) < 4.78 is 31.5. The number of hydrogen-bond donors (Lipinski definition) is 2. The number of nitrogens with one attached hydrogen (secondary N) is 2. The van der Waals surface area contributed by atoms with Gasteiger partial charge in [0.15, 0.2) is 11.6 Å². The van der Waals surface area contributed by atoms with Crippen molar-refractivity contribution in [3.8, 4) is 5.75 Å². The first kappa shape index (κ1) is 23.1. The van der Waals surface area contributed by atoms with Crippen LogP contribution in [0.2, 0.25) is 5.02 Å². The molecule has 156 valence electrons. The molecule has 0 aliphatic heterocycles. The van der Waals surface area contributed by atoms with E-state index in [1.807, 2.05) is 28.8 Å². The van der Waals surface area contributed by atoms with Crippen molar-refractivity contribution < 1.29 is 13.5 Å². The van der Waals surface area contributed by atoms with E-state index < -0.39 is 6.61 Å². The third-order valence-corrected chi connectivity index (χ3v) is 4.17. The van der Waals surface area contributed by atoms with Crippen LogP contribution in [0.4, 0.5) is 8.78 Å². The van der Waals surface area contributed by atoms with Gasteiger partial charge in [-0.2, -0.15) is 8.78 Å². The topological polar surface area (TPSA) is 75.8 Å². The van der Waals surface area contributed by atoms with E-state index in [1.54, 1.807) is 13.1 Å². The maximum absolute atomic E-state index is 12.6. The van der Waals surface area contributed by atoms with Crippen molar-refractivity contribution in [2.45, 2.75) is 19.6 Å². The van der Waals surface area contributed by atoms with Crippen LogP contribution in [-0.4, -0.2) is 40.8 Å². The molecule has 0 bridgehead atoms. The number of halogens is 4. The number of aromatic nitrogens is 3. The molecule has 0 amide bonds. The second-order valence-corrected chi connectivity index (χ2v) is 6.21. The Bertz CT molecular complexity index is 968. The summed E-state index contributed by atoms with van der Waals surface area (Å²) in [6.45, 7) is -2.13. The quantitative estimate of drug-likeness (QED) is 0.275. The predicted molar refractivity (Wildman–Crippen MR) is 118 cm³/mol. The molecule has 2 aromatic heterocycles. The van der Waals surface area contributed by atoms with Gasteiger partial charge in [0.05, 0.1) is 0 Å². The molecule has 0 radical (unpaired) electrons. The Labute approximate surface area is 188 Å². The van der Waals surface area contributed by atoms with Crippen molar-refractivity contribution in [1.29, 1.82) is 0 Å². The fourth-order valence-corrected chi connectivity index (χ4v) is 2.85. The molecule has 0 aliphatic carbocycles. The summed E-state index contributed by atoms with van der Waals surface area (Å²) in [5.41, 5.74) is 1.28. The fraction of sp³-hybridized carbons (Fsp3) is 0.278. The highest BCUT2D eigenvalue weighted by atomic mass is 127. The van der Waals surface area contributed by atoms with Crippen LogP contribution in [0, 0.1) is 0 Å². The van der Waals surface area contributed by atoms with Gasteiger partial charge in [0, 0.05) is 43.3 Å². The number of aliphatic imine (C=N–C) groups is 1. The van der Waals surface area contributed by atoms with Crippen molar-refractivity contribution in [3.05, 3.63) is 59.0 Å². The zero-order chi connectivity index (χ0) is 19.9. The lowest BCUT2D eigenvalue weighted by molar-refractivity contribution is -0.0504. The lowest BCUT2D eigenvalue weighted by Gasteiger charge is -2.14. The van der Waals surface area contributed by atoms with Gasteiger partial charge in [0.2, 0.25) is 0 Å². The van der Waals surface area contributed by atoms with Gasteiger partial charge >= 0.3 is 6.61 Å². The summed E-state index contributed by atoms with van der Waals surface area (Å²) in [6.07, 6.45) is 2.53. The molecule has 2 N–H and O–H groups in total. The number of pyridine rings is 1. The maximum atomic E-state index is 12.6. The van der Waals surface area contributed by atoms with E-state index in [4.69, 9.17) is 11.6 Å². The Morgan fingerprint density at radius 3 is 2.83 bits per heavy atom. The largest absolute Gasteiger partial charge is 0.434 e. The van der Waals surface area contributed by atoms with Gasteiger partial charge in [0.1, 0.15) is 11.6 Å². The molecule has 2 heterocycles. The number of alkyl halides is 2. The van der Waals surface area contributed by atoms with Crippen LogP contribution in [0.3, 0.4) is 0 Å². The van der Waals surface area contributed by atoms with Crippen LogP contribution in [0.15, 0.2) is 47.6 Å². The second-order valence-electron chi connectivity index (χ2n) is 5.78. The Morgan fingerprint density at radius 2 is 2.07 bits per heavy atom. The lowest BCUT2D eigenvalue weighted by Crippen LogP contribution is -2.38. The van der Waals surface area contributed by atoms with Crippen LogP contribution in [0.25, 0.3) is 5.65 Å². The van der Waals surface area contributed by atoms with E-state index in [1.165, 1.54) is 12.1 Å². The number of rotatable bonds is 7. The second kappa shape index (κ2) is 11.1. The van der Waals surface area contributed by atoms with E-state index in [0.717, 1.165) is 11.5 Å². The molecular formula is C18H20ClF2IN6O. The Balaban J connectivity index is 0.00000300. The summed E-state index contributed by atoms with van der Waals surface area (Å²) in [7, 11) is 1.62. The van der Waals surface area contributed by atoms with Crippen molar-refractivity contribution in [3.63, 3.8) is 0 Å². The first-order valence-electron chi connectivity index (χ1n) is 8.53. The number of nitrogens with zero attached hydrogens (tertiary/aromatic N) is 4. The maximum Gasteiger partial charge on any atom is 0.387 e. The number of ether oxygens (including phenoxy) is 1. The molecule has 7 nitrogen and oxygen atoms in total. The molecule has 3 aromatic rings. The standard InChI is InChI=1S/C18H19ClF2N6O.HI/c1-22-18(23-8-7-16-26-25-15-4-2-3-9-27(15)16)24-11-12-10-13(19)5-6-14(12)28-17(20)21;/h2-6,9-10,17H,7-8,11H2,1H3,(H2,22,23,24);1H. The number of hydrogen-bond acceptors (Lipinski definition) is 4. The molecule has 0 aliphatic rings. The molecule has 0 spiro atoms. The average Bonchev–Trinajstić information content (AvgIpc) is 3.09. The van der Waals surface area contributed by atoms with Crippen LogP contribution >= 0.6 is 35.6 Å². The summed E-state index contributed by atoms with van der Waals surface area (Å²) in [5.74, 6) is 1.40. The molecule has 0 fully saturated rings. The third kappa shape index (κ3) is 6.39. The molecule has 3 rings (SSSR count). The van der Waals surface area contributed by atoms with E-state index in [0.29, 0.717) is 29.5 Å². The first-order valence-corrected chi connectivity index (χ1v) is 8.91. The van der Waals surface area contributed by atoms with E-state index in [-0.39, 0.29) is 36.3 Å². The molecule has 0 saturated carbocycles. The highest BCUT2D eigenvalue weighted by molar-refractivity contribution is 14.0. The zero-order valence-electron chi connectivity index (χ0n) is 15.5. The van der Waals surface area contributed by atoms with Crippen LogP contribution in [0.5, 0.6) is 5.75 Å². The van der Waals surface area contributed by atoms with Gasteiger partial charge < -0.3 is 15.4 Å². The SMILES string of the molecule is CN=C(NCCc1nnc2ccccn12)NCc1cc(Cl)ccc1OC(F)F.I. The van der Waals surface area contributed by atoms with Crippen molar-refractivity contribution in [2.24, 2.45) is 4.99 Å². The van der Waals surface area contributed by atoms with Crippen molar-refractivity contribution in [2.75, 3.05) is 13.6 Å². The average molecular weight is 537 g/mol. The van der Waals surface area contributed by atoms with Gasteiger partial charge in [-0.05, 0) is 30.3 Å². The lowest BCUT2D eigenvalue weighted by atomic mass is 10.2. The first-order chi connectivity index (χ1) is 13.6. The van der Waals surface area contributed by atoms with Crippen molar-refractivity contribution in [1.82, 2.24) is 25.2 Å². The molecule has 1 aromatic carbocycles. The van der Waals surface area contributed by atoms with Gasteiger partial charge in [-0.1, -0.05) is 17.7 Å². The molecule has 29 heavy (non-hydrogen) atoms. The Hall–Kier alpha value is -2.21. The monoisotopic (exact) mass is 536 g/mol. The predicted octanol–water partition coefficient (Wildman–Crippen LogP) is 3.51. The number of guanidine groups is 1. The van der Waals surface area contributed by atoms with Crippen LogP contribution in [-0.2, 0) is 13.0 Å². The molecule has 0 atom stereocenters. The minimum Gasteiger partial charge on any atom is -0.434 e. The fourth-order valence-electron chi connectivity index (χ4n) is 2.65. The van der Waals surface area contributed by atoms with Crippen LogP contribution in [0.1, 0.15) is 11.4 Å². The smallest absolute Gasteiger partial charge is 0.387 e. The Kier molecular flexibility index (Phi) is 8.83. The molecule has 0 unspecified atom stereocenters.